The molecular weight excluding hydrogens is 402 g/mol. The van der Waals surface area contributed by atoms with Gasteiger partial charge < -0.3 is 4.98 Å². The Balaban J connectivity index is 1.80. The average Bonchev–Trinajstić information content (AvgIpc) is 3.23. The average molecular weight is 417 g/mol. The lowest BCUT2D eigenvalue weighted by molar-refractivity contribution is 0.0984. The number of benzene rings is 3. The van der Waals surface area contributed by atoms with Crippen molar-refractivity contribution in [3.63, 3.8) is 0 Å². The Hall–Kier alpha value is -2.92. The van der Waals surface area contributed by atoms with E-state index in [0.29, 0.717) is 0 Å². The molecule has 1 unspecified atom stereocenters. The van der Waals surface area contributed by atoms with Gasteiger partial charge in [0.1, 0.15) is 0 Å². The van der Waals surface area contributed by atoms with Gasteiger partial charge in [0, 0.05) is 15.7 Å². The van der Waals surface area contributed by atoms with Crippen LogP contribution in [0.25, 0.3) is 11.0 Å². The van der Waals surface area contributed by atoms with Crippen molar-refractivity contribution in [3.05, 3.63) is 94.2 Å². The molecule has 5 heteroatoms. The van der Waals surface area contributed by atoms with Gasteiger partial charge in [-0.2, -0.15) is 0 Å². The first-order valence-electron chi connectivity index (χ1n) is 8.65. The molecule has 1 radical (unpaired) electrons. The second-order valence-corrected chi connectivity index (χ2v) is 7.73. The number of rotatable bonds is 2. The van der Waals surface area contributed by atoms with Crippen molar-refractivity contribution in [1.29, 1.82) is 0 Å². The van der Waals surface area contributed by atoms with Gasteiger partial charge in [-0.15, -0.1) is 0 Å². The van der Waals surface area contributed by atoms with E-state index in [0.717, 1.165) is 37.9 Å². The van der Waals surface area contributed by atoms with E-state index in [1.54, 1.807) is 0 Å². The second-order valence-electron chi connectivity index (χ2n) is 6.82. The molecule has 3 aromatic carbocycles. The maximum Gasteiger partial charge on any atom is 0.259 e. The zero-order valence-corrected chi connectivity index (χ0v) is 16.1. The van der Waals surface area contributed by atoms with Crippen LogP contribution in [0.3, 0.4) is 0 Å². The van der Waals surface area contributed by atoms with E-state index >= 15 is 0 Å². The number of aromatic nitrogens is 2. The SMILES string of the molecule is CC1(c2ccc3n[c][nH]c3c2)c2ccccc2C(=O)N1c1cccc(Br)c1. The van der Waals surface area contributed by atoms with Gasteiger partial charge in [0.2, 0.25) is 0 Å². The number of nitrogens with one attached hydrogen (secondary N) is 1. The standard InChI is InChI=1S/C22H15BrN3O/c1-22(14-9-10-19-20(11-14)25-13-24-19)18-8-3-2-7-17(18)21(27)26(22)16-6-4-5-15(23)12-16/h2-12H,1H3,(H,24,25). The Morgan fingerprint density at radius 3 is 2.78 bits per heavy atom. The number of carbonyl (C=O) groups is 1. The van der Waals surface area contributed by atoms with Crippen molar-refractivity contribution in [2.45, 2.75) is 12.5 Å². The lowest BCUT2D eigenvalue weighted by Crippen LogP contribution is -2.42. The summed E-state index contributed by atoms with van der Waals surface area (Å²) < 4.78 is 0.935. The van der Waals surface area contributed by atoms with E-state index in [1.807, 2.05) is 65.6 Å². The van der Waals surface area contributed by atoms with E-state index in [9.17, 15) is 4.79 Å². The Bertz CT molecular complexity index is 1200. The van der Waals surface area contributed by atoms with Gasteiger partial charge in [0.05, 0.1) is 16.6 Å². The zero-order valence-electron chi connectivity index (χ0n) is 14.5. The lowest BCUT2D eigenvalue weighted by Gasteiger charge is -2.37. The molecule has 1 aromatic heterocycles. The fourth-order valence-corrected chi connectivity index (χ4v) is 4.39. The summed E-state index contributed by atoms with van der Waals surface area (Å²) in [5.41, 5.74) is 4.73. The van der Waals surface area contributed by atoms with Crippen molar-refractivity contribution >= 4 is 38.6 Å². The van der Waals surface area contributed by atoms with Crippen LogP contribution in [0, 0.1) is 6.33 Å². The third-order valence-corrected chi connectivity index (χ3v) is 5.82. The van der Waals surface area contributed by atoms with Gasteiger partial charge in [-0.05, 0) is 54.4 Å². The minimum Gasteiger partial charge on any atom is -0.335 e. The number of hydrogen-bond acceptors (Lipinski definition) is 2. The largest absolute Gasteiger partial charge is 0.335 e. The number of anilines is 1. The second kappa shape index (κ2) is 5.79. The van der Waals surface area contributed by atoms with Crippen LogP contribution >= 0.6 is 15.9 Å². The number of imidazole rings is 1. The van der Waals surface area contributed by atoms with E-state index in [1.165, 1.54) is 0 Å². The first kappa shape index (κ1) is 16.3. The highest BCUT2D eigenvalue weighted by atomic mass is 79.9. The summed E-state index contributed by atoms with van der Waals surface area (Å²) in [5.74, 6) is 0.00229. The number of carbonyl (C=O) groups excluding carboxylic acids is 1. The minimum atomic E-state index is -0.631. The summed E-state index contributed by atoms with van der Waals surface area (Å²) in [5, 5.41) is 0. The molecule has 0 aliphatic carbocycles. The molecule has 0 fully saturated rings. The molecule has 1 aliphatic rings. The molecule has 2 heterocycles. The summed E-state index contributed by atoms with van der Waals surface area (Å²) in [7, 11) is 0. The lowest BCUT2D eigenvalue weighted by atomic mass is 9.84. The molecule has 0 spiro atoms. The molecule has 27 heavy (non-hydrogen) atoms. The van der Waals surface area contributed by atoms with Crippen molar-refractivity contribution in [1.82, 2.24) is 9.97 Å². The molecule has 0 saturated carbocycles. The molecule has 5 rings (SSSR count). The molecule has 1 N–H and O–H groups in total. The predicted molar refractivity (Wildman–Crippen MR) is 109 cm³/mol. The van der Waals surface area contributed by atoms with Crippen LogP contribution < -0.4 is 4.90 Å². The molecule has 0 saturated heterocycles. The summed E-state index contributed by atoms with van der Waals surface area (Å²) in [6.45, 7) is 2.10. The summed E-state index contributed by atoms with van der Waals surface area (Å²) in [6.07, 6.45) is 2.78. The number of amides is 1. The van der Waals surface area contributed by atoms with Crippen LogP contribution in [0.4, 0.5) is 5.69 Å². The normalized spacial score (nSPS) is 18.9. The molecule has 4 nitrogen and oxygen atoms in total. The van der Waals surface area contributed by atoms with Gasteiger partial charge >= 0.3 is 0 Å². The van der Waals surface area contributed by atoms with Crippen molar-refractivity contribution < 1.29 is 4.79 Å². The van der Waals surface area contributed by atoms with Crippen LogP contribution in [0.5, 0.6) is 0 Å². The fraction of sp³-hybridized carbons (Fsp3) is 0.0909. The van der Waals surface area contributed by atoms with Gasteiger partial charge in [0.15, 0.2) is 6.33 Å². The van der Waals surface area contributed by atoms with Crippen LogP contribution in [-0.4, -0.2) is 15.9 Å². The van der Waals surface area contributed by atoms with Crippen LogP contribution in [0.2, 0.25) is 0 Å². The van der Waals surface area contributed by atoms with Crippen molar-refractivity contribution in [3.8, 4) is 0 Å². The molecule has 1 atom stereocenters. The molecule has 4 aromatic rings. The van der Waals surface area contributed by atoms with Gasteiger partial charge in [0.25, 0.3) is 5.91 Å². The Morgan fingerprint density at radius 2 is 1.93 bits per heavy atom. The monoisotopic (exact) mass is 416 g/mol. The quantitative estimate of drug-likeness (QED) is 0.496. The first-order valence-corrected chi connectivity index (χ1v) is 9.44. The van der Waals surface area contributed by atoms with Crippen LogP contribution in [0.15, 0.2) is 71.2 Å². The van der Waals surface area contributed by atoms with Crippen molar-refractivity contribution in [2.24, 2.45) is 0 Å². The summed E-state index contributed by atoms with van der Waals surface area (Å²) in [4.78, 5) is 22.5. The smallest absolute Gasteiger partial charge is 0.259 e. The Kier molecular flexibility index (Phi) is 3.49. The van der Waals surface area contributed by atoms with E-state index in [-0.39, 0.29) is 5.91 Å². The molecule has 0 bridgehead atoms. The van der Waals surface area contributed by atoms with Crippen molar-refractivity contribution in [2.75, 3.05) is 4.90 Å². The maximum atomic E-state index is 13.4. The zero-order chi connectivity index (χ0) is 18.6. The van der Waals surface area contributed by atoms with Crippen LogP contribution in [0.1, 0.15) is 28.4 Å². The maximum absolute atomic E-state index is 13.4. The third-order valence-electron chi connectivity index (χ3n) is 5.32. The number of H-pyrrole nitrogens is 1. The number of halogens is 1. The first-order chi connectivity index (χ1) is 13.1. The summed E-state index contributed by atoms with van der Waals surface area (Å²) in [6, 6.07) is 21.7. The van der Waals surface area contributed by atoms with Crippen LogP contribution in [-0.2, 0) is 5.54 Å². The Morgan fingerprint density at radius 1 is 1.07 bits per heavy atom. The number of fused-ring (bicyclic) bond motifs is 2. The van der Waals surface area contributed by atoms with E-state index in [4.69, 9.17) is 0 Å². The van der Waals surface area contributed by atoms with E-state index < -0.39 is 5.54 Å². The van der Waals surface area contributed by atoms with Gasteiger partial charge in [-0.3, -0.25) is 9.69 Å². The molecule has 1 aliphatic heterocycles. The molecule has 131 valence electrons. The van der Waals surface area contributed by atoms with E-state index in [2.05, 4.69) is 45.2 Å². The predicted octanol–water partition coefficient (Wildman–Crippen LogP) is 5.05. The van der Waals surface area contributed by atoms with Gasteiger partial charge in [-0.25, -0.2) is 4.98 Å². The summed E-state index contributed by atoms with van der Waals surface area (Å²) >= 11 is 3.53. The van der Waals surface area contributed by atoms with Gasteiger partial charge in [-0.1, -0.05) is 46.3 Å². The fourth-order valence-electron chi connectivity index (χ4n) is 4.00. The highest BCUT2D eigenvalue weighted by molar-refractivity contribution is 9.10. The molecule has 1 amide bonds. The molecular formula is C22H15BrN3O. The number of hydrogen-bond donors (Lipinski definition) is 1. The number of aromatic amines is 1. The third kappa shape index (κ3) is 2.28. The highest BCUT2D eigenvalue weighted by Crippen LogP contribution is 2.47. The number of nitrogens with zero attached hydrogens (tertiary/aromatic N) is 2. The highest BCUT2D eigenvalue weighted by Gasteiger charge is 2.48. The Labute approximate surface area is 165 Å². The topological polar surface area (TPSA) is 49.0 Å². The minimum absolute atomic E-state index is 0.00229.